The van der Waals surface area contributed by atoms with Gasteiger partial charge in [-0.2, -0.15) is 0 Å². The van der Waals surface area contributed by atoms with Crippen LogP contribution in [-0.2, 0) is 0 Å². The van der Waals surface area contributed by atoms with Gasteiger partial charge in [0.25, 0.3) is 0 Å². The lowest BCUT2D eigenvalue weighted by atomic mass is 9.96. The lowest BCUT2D eigenvalue weighted by Crippen LogP contribution is -2.06. The molecule has 60 heavy (non-hydrogen) atoms. The largest absolute Gasteiger partial charge is 0.292 e. The van der Waals surface area contributed by atoms with Crippen molar-refractivity contribution in [3.63, 3.8) is 0 Å². The number of para-hydroxylation sites is 4. The molecule has 0 unspecified atom stereocenters. The highest BCUT2D eigenvalue weighted by atomic mass is 15.1. The van der Waals surface area contributed by atoms with E-state index in [1.165, 1.54) is 11.1 Å². The summed E-state index contributed by atoms with van der Waals surface area (Å²) in [6, 6.07) is 60.9. The Balaban J connectivity index is 1.32. The van der Waals surface area contributed by atoms with Crippen molar-refractivity contribution in [2.24, 2.45) is 0 Å². The van der Waals surface area contributed by atoms with Crippen LogP contribution in [0.4, 0.5) is 0 Å². The summed E-state index contributed by atoms with van der Waals surface area (Å²) < 4.78 is 4.59. The van der Waals surface area contributed by atoms with Crippen LogP contribution < -0.4 is 0 Å². The van der Waals surface area contributed by atoms with Crippen molar-refractivity contribution in [3.05, 3.63) is 187 Å². The molecule has 7 aromatic carbocycles. The number of hydrogen-bond donors (Lipinski definition) is 0. The molecule has 0 radical (unpaired) electrons. The maximum atomic E-state index is 5.35. The summed E-state index contributed by atoms with van der Waals surface area (Å²) in [6.07, 6.45) is 0. The second-order valence-electron chi connectivity index (χ2n) is 15.8. The number of fused-ring (bicyclic) bond motifs is 2. The Morgan fingerprint density at radius 2 is 0.717 bits per heavy atom. The fraction of sp³-hybridized carbons (Fsp3) is 0.113. The molecule has 0 aliphatic heterocycles. The topological polar surface area (TPSA) is 74.3 Å². The van der Waals surface area contributed by atoms with Crippen molar-refractivity contribution >= 4 is 22.1 Å². The van der Waals surface area contributed by atoms with E-state index in [-0.39, 0.29) is 11.8 Å². The lowest BCUT2D eigenvalue weighted by Gasteiger charge is -2.19. The molecule has 7 heteroatoms. The molecule has 10 rings (SSSR count). The summed E-state index contributed by atoms with van der Waals surface area (Å²) in [7, 11) is 0. The van der Waals surface area contributed by atoms with Crippen LogP contribution in [-0.4, -0.2) is 34.1 Å². The Kier molecular flexibility index (Phi) is 9.41. The third-order valence-corrected chi connectivity index (χ3v) is 11.1. The molecule has 0 N–H and O–H groups in total. The fourth-order valence-corrected chi connectivity index (χ4v) is 8.26. The number of nitrogens with zero attached hydrogens (tertiary/aromatic N) is 7. The molecule has 0 bridgehead atoms. The minimum Gasteiger partial charge on any atom is -0.292 e. The van der Waals surface area contributed by atoms with Gasteiger partial charge in [-0.25, -0.2) is 24.9 Å². The first kappa shape index (κ1) is 36.8. The van der Waals surface area contributed by atoms with E-state index in [4.69, 9.17) is 24.9 Å². The SMILES string of the molecule is CC(C)c1ccccc1-c1nc2ccccc2n1-c1cc(-c2nc(-c3ccccc3)nc(-c3ccccc3)n2)cc(-n2c(-c3ccccc3C(C)C)nc3ccccc32)c1. The minimum absolute atomic E-state index is 0.287. The van der Waals surface area contributed by atoms with Gasteiger partial charge >= 0.3 is 0 Å². The summed E-state index contributed by atoms with van der Waals surface area (Å²) in [6.45, 7) is 8.95. The van der Waals surface area contributed by atoms with Crippen LogP contribution in [0.3, 0.4) is 0 Å². The number of benzene rings is 7. The zero-order valence-corrected chi connectivity index (χ0v) is 34.0. The molecule has 0 saturated heterocycles. The van der Waals surface area contributed by atoms with Crippen LogP contribution in [0.25, 0.3) is 90.4 Å². The van der Waals surface area contributed by atoms with Crippen molar-refractivity contribution in [1.82, 2.24) is 34.1 Å². The van der Waals surface area contributed by atoms with Gasteiger partial charge in [0, 0.05) is 27.8 Å². The first-order chi connectivity index (χ1) is 29.4. The molecule has 290 valence electrons. The van der Waals surface area contributed by atoms with Gasteiger partial charge in [-0.15, -0.1) is 0 Å². The van der Waals surface area contributed by atoms with Gasteiger partial charge < -0.3 is 0 Å². The monoisotopic (exact) mass is 777 g/mol. The molecule has 3 aromatic heterocycles. The fourth-order valence-electron chi connectivity index (χ4n) is 8.26. The van der Waals surface area contributed by atoms with Crippen molar-refractivity contribution in [1.29, 1.82) is 0 Å². The Morgan fingerprint density at radius 3 is 1.15 bits per heavy atom. The van der Waals surface area contributed by atoms with Crippen LogP contribution in [0.5, 0.6) is 0 Å². The molecule has 0 aliphatic carbocycles. The standard InChI is InChI=1S/C53H43N7/c1-34(2)41-23-11-13-25-43(41)52-54-45-27-15-17-29-47(45)59(52)39-31-38(51-57-49(36-19-7-5-8-20-36)56-50(58-51)37-21-9-6-10-22-37)32-40(33-39)60-48-30-18-16-28-46(48)55-53(60)44-26-14-12-24-42(44)35(3)4/h5-35H,1-4H3. The highest BCUT2D eigenvalue weighted by molar-refractivity contribution is 5.87. The van der Waals surface area contributed by atoms with E-state index in [2.05, 4.69) is 152 Å². The molecule has 3 heterocycles. The van der Waals surface area contributed by atoms with E-state index in [9.17, 15) is 0 Å². The highest BCUT2D eigenvalue weighted by Crippen LogP contribution is 2.39. The van der Waals surface area contributed by atoms with E-state index in [0.29, 0.717) is 17.5 Å². The molecule has 0 aliphatic rings. The zero-order valence-electron chi connectivity index (χ0n) is 34.0. The summed E-state index contributed by atoms with van der Waals surface area (Å²) >= 11 is 0. The Hall–Kier alpha value is -7.51. The van der Waals surface area contributed by atoms with Gasteiger partial charge in [0.15, 0.2) is 17.5 Å². The van der Waals surface area contributed by atoms with E-state index in [1.807, 2.05) is 60.7 Å². The highest BCUT2D eigenvalue weighted by Gasteiger charge is 2.23. The average Bonchev–Trinajstić information content (AvgIpc) is 3.89. The molecule has 0 fully saturated rings. The quantitative estimate of drug-likeness (QED) is 0.146. The second kappa shape index (κ2) is 15.3. The smallest absolute Gasteiger partial charge is 0.164 e. The molecule has 0 saturated carbocycles. The van der Waals surface area contributed by atoms with Crippen molar-refractivity contribution in [3.8, 4) is 68.3 Å². The minimum atomic E-state index is 0.287. The zero-order chi connectivity index (χ0) is 40.7. The number of imidazole rings is 2. The Labute approximate surface area is 349 Å². The Morgan fingerprint density at radius 1 is 0.350 bits per heavy atom. The second-order valence-corrected chi connectivity index (χ2v) is 15.8. The summed E-state index contributed by atoms with van der Waals surface area (Å²) in [5.74, 6) is 4.08. The Bertz CT molecular complexity index is 2950. The van der Waals surface area contributed by atoms with Crippen LogP contribution in [0.1, 0.15) is 50.7 Å². The molecular weight excluding hydrogens is 735 g/mol. The first-order valence-electron chi connectivity index (χ1n) is 20.6. The lowest BCUT2D eigenvalue weighted by molar-refractivity contribution is 0.865. The summed E-state index contributed by atoms with van der Waals surface area (Å²) in [5.41, 5.74) is 13.0. The van der Waals surface area contributed by atoms with Gasteiger partial charge in [0.05, 0.1) is 33.4 Å². The van der Waals surface area contributed by atoms with Crippen molar-refractivity contribution in [2.75, 3.05) is 0 Å². The van der Waals surface area contributed by atoms with Crippen molar-refractivity contribution < 1.29 is 0 Å². The van der Waals surface area contributed by atoms with Crippen molar-refractivity contribution in [2.45, 2.75) is 39.5 Å². The van der Waals surface area contributed by atoms with Gasteiger partial charge in [-0.05, 0) is 65.4 Å². The van der Waals surface area contributed by atoms with E-state index in [1.54, 1.807) is 0 Å². The third-order valence-electron chi connectivity index (χ3n) is 11.1. The van der Waals surface area contributed by atoms with Crippen LogP contribution >= 0.6 is 0 Å². The molecule has 10 aromatic rings. The third kappa shape index (κ3) is 6.64. The molecular formula is C53H43N7. The first-order valence-corrected chi connectivity index (χ1v) is 20.6. The van der Waals surface area contributed by atoms with Crippen LogP contribution in [0.15, 0.2) is 176 Å². The maximum Gasteiger partial charge on any atom is 0.164 e. The summed E-state index contributed by atoms with van der Waals surface area (Å²) in [5, 5.41) is 0. The summed E-state index contributed by atoms with van der Waals surface area (Å²) in [4.78, 5) is 26.2. The number of aromatic nitrogens is 7. The van der Waals surface area contributed by atoms with Gasteiger partial charge in [0.2, 0.25) is 0 Å². The number of hydrogen-bond acceptors (Lipinski definition) is 5. The van der Waals surface area contributed by atoms with E-state index in [0.717, 1.165) is 72.9 Å². The average molecular weight is 778 g/mol. The van der Waals surface area contributed by atoms with Gasteiger partial charge in [-0.1, -0.05) is 161 Å². The van der Waals surface area contributed by atoms with Gasteiger partial charge in [0.1, 0.15) is 11.6 Å². The molecule has 0 spiro atoms. The van der Waals surface area contributed by atoms with Gasteiger partial charge in [-0.3, -0.25) is 9.13 Å². The predicted molar refractivity (Wildman–Crippen MR) is 244 cm³/mol. The molecule has 0 atom stereocenters. The number of rotatable bonds is 9. The van der Waals surface area contributed by atoms with E-state index >= 15 is 0 Å². The van der Waals surface area contributed by atoms with Crippen LogP contribution in [0, 0.1) is 0 Å². The molecule has 7 nitrogen and oxygen atoms in total. The maximum absolute atomic E-state index is 5.35. The van der Waals surface area contributed by atoms with E-state index < -0.39 is 0 Å². The molecule has 0 amide bonds. The van der Waals surface area contributed by atoms with Crippen LogP contribution in [0.2, 0.25) is 0 Å². The normalized spacial score (nSPS) is 11.6. The predicted octanol–water partition coefficient (Wildman–Crippen LogP) is 13.1.